The number of anilines is 2. The maximum atomic E-state index is 11.2. The van der Waals surface area contributed by atoms with Crippen molar-refractivity contribution in [2.24, 2.45) is 0 Å². The summed E-state index contributed by atoms with van der Waals surface area (Å²) in [5, 5.41) is 3.33. The van der Waals surface area contributed by atoms with Crippen LogP contribution < -0.4 is 5.32 Å². The van der Waals surface area contributed by atoms with Crippen molar-refractivity contribution in [2.45, 2.75) is 13.5 Å². The van der Waals surface area contributed by atoms with Crippen molar-refractivity contribution in [3.05, 3.63) is 59.7 Å². The first-order chi connectivity index (χ1) is 9.54. The normalized spacial score (nSPS) is 10.6. The van der Waals surface area contributed by atoms with Crippen molar-refractivity contribution in [3.63, 3.8) is 0 Å². The Labute approximate surface area is 120 Å². The summed E-state index contributed by atoms with van der Waals surface area (Å²) in [5.74, 6) is 0.0876. The molecule has 2 aromatic rings. The van der Waals surface area contributed by atoms with E-state index in [1.54, 1.807) is 6.92 Å². The van der Waals surface area contributed by atoms with Gasteiger partial charge in [0.1, 0.15) is 0 Å². The third kappa shape index (κ3) is 3.93. The average Bonchev–Trinajstić information content (AvgIpc) is 2.41. The van der Waals surface area contributed by atoms with Gasteiger partial charge in [-0.3, -0.25) is 4.79 Å². The van der Waals surface area contributed by atoms with E-state index in [1.165, 1.54) is 5.56 Å². The van der Waals surface area contributed by atoms with Crippen molar-refractivity contribution in [1.29, 1.82) is 0 Å². The molecule has 0 bridgehead atoms. The standard InChI is InChI=1S/C17H20N2O/c1-13(20)15-6-10-17(11-7-15)18-16-8-4-14(5-9-16)12-19(2)3/h4-11,18H,12H2,1-3H3. The van der Waals surface area contributed by atoms with Gasteiger partial charge in [0, 0.05) is 23.5 Å². The quantitative estimate of drug-likeness (QED) is 0.839. The third-order valence-electron chi connectivity index (χ3n) is 3.03. The van der Waals surface area contributed by atoms with Crippen LogP contribution in [0.3, 0.4) is 0 Å². The van der Waals surface area contributed by atoms with Crippen LogP contribution in [0, 0.1) is 0 Å². The fourth-order valence-electron chi connectivity index (χ4n) is 2.01. The fourth-order valence-corrected chi connectivity index (χ4v) is 2.01. The van der Waals surface area contributed by atoms with Crippen molar-refractivity contribution in [2.75, 3.05) is 19.4 Å². The topological polar surface area (TPSA) is 32.3 Å². The van der Waals surface area contributed by atoms with E-state index in [1.807, 2.05) is 24.3 Å². The van der Waals surface area contributed by atoms with Gasteiger partial charge >= 0.3 is 0 Å². The maximum Gasteiger partial charge on any atom is 0.159 e. The Morgan fingerprint density at radius 1 is 0.950 bits per heavy atom. The van der Waals surface area contributed by atoms with Crippen molar-refractivity contribution in [1.82, 2.24) is 4.90 Å². The van der Waals surface area contributed by atoms with Gasteiger partial charge in [0.05, 0.1) is 0 Å². The molecular weight excluding hydrogens is 248 g/mol. The first-order valence-corrected chi connectivity index (χ1v) is 6.66. The first kappa shape index (κ1) is 14.3. The van der Waals surface area contributed by atoms with E-state index < -0.39 is 0 Å². The molecule has 0 amide bonds. The highest BCUT2D eigenvalue weighted by Gasteiger charge is 2.00. The van der Waals surface area contributed by atoms with Gasteiger partial charge in [-0.1, -0.05) is 12.1 Å². The summed E-state index contributed by atoms with van der Waals surface area (Å²) in [7, 11) is 4.12. The van der Waals surface area contributed by atoms with Gasteiger partial charge in [-0.2, -0.15) is 0 Å². The van der Waals surface area contributed by atoms with Gasteiger partial charge in [-0.05, 0) is 63.0 Å². The Kier molecular flexibility index (Phi) is 4.53. The van der Waals surface area contributed by atoms with Gasteiger partial charge in [-0.25, -0.2) is 0 Å². The van der Waals surface area contributed by atoms with Crippen LogP contribution in [0.2, 0.25) is 0 Å². The molecule has 0 aliphatic carbocycles. The molecule has 1 N–H and O–H groups in total. The molecule has 20 heavy (non-hydrogen) atoms. The molecule has 2 aromatic carbocycles. The monoisotopic (exact) mass is 268 g/mol. The Morgan fingerprint density at radius 3 is 1.90 bits per heavy atom. The molecule has 3 nitrogen and oxygen atoms in total. The Hall–Kier alpha value is -2.13. The van der Waals surface area contributed by atoms with Crippen LogP contribution in [0.25, 0.3) is 0 Å². The Balaban J connectivity index is 2.04. The van der Waals surface area contributed by atoms with Crippen LogP contribution in [0.5, 0.6) is 0 Å². The van der Waals surface area contributed by atoms with Crippen LogP contribution in [0.15, 0.2) is 48.5 Å². The molecule has 0 unspecified atom stereocenters. The molecule has 0 aliphatic heterocycles. The van der Waals surface area contributed by atoms with Gasteiger partial charge in [0.25, 0.3) is 0 Å². The summed E-state index contributed by atoms with van der Waals surface area (Å²) in [4.78, 5) is 13.4. The van der Waals surface area contributed by atoms with Crippen molar-refractivity contribution >= 4 is 17.2 Å². The van der Waals surface area contributed by atoms with Crippen molar-refractivity contribution in [3.8, 4) is 0 Å². The lowest BCUT2D eigenvalue weighted by molar-refractivity contribution is 0.101. The zero-order chi connectivity index (χ0) is 14.5. The van der Waals surface area contributed by atoms with Crippen molar-refractivity contribution < 1.29 is 4.79 Å². The third-order valence-corrected chi connectivity index (χ3v) is 3.03. The maximum absolute atomic E-state index is 11.2. The summed E-state index contributed by atoms with van der Waals surface area (Å²) in [6, 6.07) is 15.9. The minimum Gasteiger partial charge on any atom is -0.356 e. The zero-order valence-corrected chi connectivity index (χ0v) is 12.2. The summed E-state index contributed by atoms with van der Waals surface area (Å²) in [6.07, 6.45) is 0. The summed E-state index contributed by atoms with van der Waals surface area (Å²) in [6.45, 7) is 2.51. The smallest absolute Gasteiger partial charge is 0.159 e. The number of ketones is 1. The number of benzene rings is 2. The van der Waals surface area contributed by atoms with Crippen LogP contribution in [-0.4, -0.2) is 24.8 Å². The Morgan fingerprint density at radius 2 is 1.45 bits per heavy atom. The number of rotatable bonds is 5. The number of carbonyl (C=O) groups is 1. The zero-order valence-electron chi connectivity index (χ0n) is 12.2. The van der Waals surface area contributed by atoms with E-state index >= 15 is 0 Å². The summed E-state index contributed by atoms with van der Waals surface area (Å²) in [5.41, 5.74) is 4.04. The second-order valence-electron chi connectivity index (χ2n) is 5.19. The van der Waals surface area contributed by atoms with E-state index in [0.29, 0.717) is 0 Å². The lowest BCUT2D eigenvalue weighted by Crippen LogP contribution is -2.10. The molecule has 0 saturated heterocycles. The average molecular weight is 268 g/mol. The molecule has 3 heteroatoms. The second kappa shape index (κ2) is 6.35. The van der Waals surface area contributed by atoms with E-state index in [-0.39, 0.29) is 5.78 Å². The molecular formula is C17H20N2O. The largest absolute Gasteiger partial charge is 0.356 e. The number of carbonyl (C=O) groups excluding carboxylic acids is 1. The van der Waals surface area contributed by atoms with Crippen LogP contribution in [0.1, 0.15) is 22.8 Å². The predicted octanol–water partition coefficient (Wildman–Crippen LogP) is 3.69. The highest BCUT2D eigenvalue weighted by atomic mass is 16.1. The minimum absolute atomic E-state index is 0.0876. The lowest BCUT2D eigenvalue weighted by atomic mass is 10.1. The minimum atomic E-state index is 0.0876. The van der Waals surface area contributed by atoms with E-state index in [4.69, 9.17) is 0 Å². The molecule has 0 aromatic heterocycles. The van der Waals surface area contributed by atoms with Crippen LogP contribution in [0.4, 0.5) is 11.4 Å². The molecule has 0 radical (unpaired) electrons. The van der Waals surface area contributed by atoms with Gasteiger partial charge in [0.15, 0.2) is 5.78 Å². The van der Waals surface area contributed by atoms with E-state index in [2.05, 4.69) is 48.6 Å². The number of hydrogen-bond donors (Lipinski definition) is 1. The van der Waals surface area contributed by atoms with Gasteiger partial charge < -0.3 is 10.2 Å². The molecule has 2 rings (SSSR count). The number of nitrogens with zero attached hydrogens (tertiary/aromatic N) is 1. The lowest BCUT2D eigenvalue weighted by Gasteiger charge is -2.11. The SMILES string of the molecule is CC(=O)c1ccc(Nc2ccc(CN(C)C)cc2)cc1. The Bertz CT molecular complexity index is 571. The van der Waals surface area contributed by atoms with Crippen LogP contribution in [-0.2, 0) is 6.54 Å². The molecule has 0 heterocycles. The molecule has 0 fully saturated rings. The molecule has 0 aliphatic rings. The fraction of sp³-hybridized carbons (Fsp3) is 0.235. The summed E-state index contributed by atoms with van der Waals surface area (Å²) >= 11 is 0. The highest BCUT2D eigenvalue weighted by Crippen LogP contribution is 2.18. The predicted molar refractivity (Wildman–Crippen MR) is 83.6 cm³/mol. The summed E-state index contributed by atoms with van der Waals surface area (Å²) < 4.78 is 0. The van der Waals surface area contributed by atoms with Crippen LogP contribution >= 0.6 is 0 Å². The highest BCUT2D eigenvalue weighted by molar-refractivity contribution is 5.94. The molecule has 0 saturated carbocycles. The van der Waals surface area contributed by atoms with E-state index in [9.17, 15) is 4.79 Å². The molecule has 0 spiro atoms. The number of Topliss-reactive ketones (excluding diaryl/α,β-unsaturated/α-hetero) is 1. The second-order valence-corrected chi connectivity index (χ2v) is 5.19. The van der Waals surface area contributed by atoms with Gasteiger partial charge in [-0.15, -0.1) is 0 Å². The van der Waals surface area contributed by atoms with E-state index in [0.717, 1.165) is 23.5 Å². The van der Waals surface area contributed by atoms with Gasteiger partial charge in [0.2, 0.25) is 0 Å². The molecule has 0 atom stereocenters. The molecule has 104 valence electrons. The first-order valence-electron chi connectivity index (χ1n) is 6.66. The number of hydrogen-bond acceptors (Lipinski definition) is 3. The number of nitrogens with one attached hydrogen (secondary N) is 1.